The SMILES string of the molecule is Cc1cc(C#N)cnc1C(=O)Cc1cc(F)c(F)c([C@@]2(CF)N=C(N)CCC2(F)F)c1. The van der Waals surface area contributed by atoms with E-state index in [1.54, 1.807) is 0 Å². The van der Waals surface area contributed by atoms with Crippen LogP contribution < -0.4 is 5.73 Å². The molecule has 1 aliphatic heterocycles. The summed E-state index contributed by atoms with van der Waals surface area (Å²) in [4.78, 5) is 20.0. The van der Waals surface area contributed by atoms with Gasteiger partial charge in [0, 0.05) is 31.0 Å². The van der Waals surface area contributed by atoms with E-state index in [2.05, 4.69) is 9.98 Å². The Balaban J connectivity index is 2.07. The van der Waals surface area contributed by atoms with Crippen LogP contribution in [0.3, 0.4) is 0 Å². The molecule has 1 atom stereocenters. The monoisotopic (exact) mass is 436 g/mol. The number of nitrogens with two attached hydrogens (primary N) is 1. The molecule has 0 saturated carbocycles. The van der Waals surface area contributed by atoms with Gasteiger partial charge in [0.2, 0.25) is 0 Å². The van der Waals surface area contributed by atoms with Crippen molar-refractivity contribution in [1.82, 2.24) is 4.98 Å². The van der Waals surface area contributed by atoms with E-state index in [9.17, 15) is 26.7 Å². The first-order chi connectivity index (χ1) is 14.5. The van der Waals surface area contributed by atoms with Gasteiger partial charge in [0.1, 0.15) is 18.4 Å². The first kappa shape index (κ1) is 22.3. The Morgan fingerprint density at radius 3 is 2.61 bits per heavy atom. The van der Waals surface area contributed by atoms with Crippen LogP contribution in [-0.2, 0) is 12.0 Å². The number of aromatic nitrogens is 1. The first-order valence-corrected chi connectivity index (χ1v) is 9.21. The molecular weight excluding hydrogens is 419 g/mol. The van der Waals surface area contributed by atoms with E-state index in [0.717, 1.165) is 6.07 Å². The van der Waals surface area contributed by atoms with Crippen LogP contribution in [-0.4, -0.2) is 29.2 Å². The fourth-order valence-corrected chi connectivity index (χ4v) is 3.58. The summed E-state index contributed by atoms with van der Waals surface area (Å²) in [5.74, 6) is -7.95. The summed E-state index contributed by atoms with van der Waals surface area (Å²) in [6.45, 7) is -0.277. The number of nitriles is 1. The van der Waals surface area contributed by atoms with E-state index < -0.39 is 54.0 Å². The Bertz CT molecular complexity index is 1130. The van der Waals surface area contributed by atoms with Crippen molar-refractivity contribution in [2.75, 3.05) is 6.67 Å². The third-order valence-corrected chi connectivity index (χ3v) is 5.20. The van der Waals surface area contributed by atoms with Gasteiger partial charge < -0.3 is 5.73 Å². The molecule has 10 heteroatoms. The molecule has 0 spiro atoms. The highest BCUT2D eigenvalue weighted by molar-refractivity contribution is 5.97. The van der Waals surface area contributed by atoms with Gasteiger partial charge in [-0.2, -0.15) is 5.26 Å². The maximum atomic E-state index is 14.7. The van der Waals surface area contributed by atoms with E-state index in [1.807, 2.05) is 6.07 Å². The smallest absolute Gasteiger partial charge is 0.280 e. The van der Waals surface area contributed by atoms with Crippen LogP contribution >= 0.6 is 0 Å². The summed E-state index contributed by atoms with van der Waals surface area (Å²) in [6, 6.07) is 4.78. The van der Waals surface area contributed by atoms with Crippen molar-refractivity contribution in [3.63, 3.8) is 0 Å². The average molecular weight is 436 g/mol. The fraction of sp³-hybridized carbons (Fsp3) is 0.333. The molecule has 0 bridgehead atoms. The number of Topliss-reactive ketones (excluding diaryl/α,β-unsaturated/α-hetero) is 1. The van der Waals surface area contributed by atoms with Crippen LogP contribution in [0.4, 0.5) is 22.0 Å². The number of amidine groups is 1. The second kappa shape index (κ2) is 8.06. The minimum Gasteiger partial charge on any atom is -0.387 e. The van der Waals surface area contributed by atoms with E-state index >= 15 is 0 Å². The van der Waals surface area contributed by atoms with Gasteiger partial charge in [0.25, 0.3) is 5.92 Å². The largest absolute Gasteiger partial charge is 0.387 e. The summed E-state index contributed by atoms with van der Waals surface area (Å²) < 4.78 is 72.2. The summed E-state index contributed by atoms with van der Waals surface area (Å²) in [5.41, 5.74) is 1.91. The number of hydrogen-bond acceptors (Lipinski definition) is 5. The molecule has 0 fully saturated rings. The Kier molecular flexibility index (Phi) is 5.81. The third-order valence-electron chi connectivity index (χ3n) is 5.20. The number of carbonyl (C=O) groups excluding carboxylic acids is 1. The van der Waals surface area contributed by atoms with Gasteiger partial charge in [-0.05, 0) is 36.2 Å². The van der Waals surface area contributed by atoms with Crippen molar-refractivity contribution < 1.29 is 26.7 Å². The number of aryl methyl sites for hydroxylation is 1. The second-order valence-corrected chi connectivity index (χ2v) is 7.34. The van der Waals surface area contributed by atoms with Gasteiger partial charge in [-0.15, -0.1) is 0 Å². The number of ketones is 1. The van der Waals surface area contributed by atoms with Crippen LogP contribution in [0.1, 0.15) is 45.6 Å². The van der Waals surface area contributed by atoms with Crippen LogP contribution in [0.25, 0.3) is 0 Å². The average Bonchev–Trinajstić information content (AvgIpc) is 2.72. The predicted octanol–water partition coefficient (Wildman–Crippen LogP) is 3.92. The van der Waals surface area contributed by atoms with Crippen LogP contribution in [0.2, 0.25) is 0 Å². The zero-order valence-electron chi connectivity index (χ0n) is 16.4. The standard InChI is InChI=1S/C21H17F5N4O/c1-11-4-13(8-27)9-29-19(11)16(31)7-12-5-14(18(24)15(23)6-12)20(10-22)21(25,26)3-2-17(28)30-20/h4-6,9H,2-3,7,10H2,1H3,(H2,28,30)/t20-/m1/s1. The lowest BCUT2D eigenvalue weighted by molar-refractivity contribution is -0.0961. The zero-order valence-corrected chi connectivity index (χ0v) is 16.4. The molecule has 1 aliphatic rings. The Hall–Kier alpha value is -3.35. The predicted molar refractivity (Wildman–Crippen MR) is 102 cm³/mol. The van der Waals surface area contributed by atoms with Crippen molar-refractivity contribution in [2.24, 2.45) is 10.7 Å². The van der Waals surface area contributed by atoms with Crippen molar-refractivity contribution in [1.29, 1.82) is 5.26 Å². The summed E-state index contributed by atoms with van der Waals surface area (Å²) >= 11 is 0. The van der Waals surface area contributed by atoms with Gasteiger partial charge in [-0.1, -0.05) is 0 Å². The Morgan fingerprint density at radius 2 is 2.00 bits per heavy atom. The molecule has 2 heterocycles. The number of nitrogens with zero attached hydrogens (tertiary/aromatic N) is 3. The van der Waals surface area contributed by atoms with E-state index in [4.69, 9.17) is 11.0 Å². The van der Waals surface area contributed by atoms with Gasteiger partial charge in [-0.25, -0.2) is 22.0 Å². The number of alkyl halides is 3. The van der Waals surface area contributed by atoms with Crippen molar-refractivity contribution in [3.8, 4) is 6.07 Å². The molecule has 0 radical (unpaired) electrons. The molecule has 1 aromatic carbocycles. The van der Waals surface area contributed by atoms with Crippen LogP contribution in [0.15, 0.2) is 29.4 Å². The quantitative estimate of drug-likeness (QED) is 0.568. The van der Waals surface area contributed by atoms with Gasteiger partial charge >= 0.3 is 0 Å². The number of aliphatic imine (C=N–C) groups is 1. The number of halogens is 5. The number of benzene rings is 1. The maximum absolute atomic E-state index is 14.7. The zero-order chi connectivity index (χ0) is 23.0. The first-order valence-electron chi connectivity index (χ1n) is 9.21. The molecule has 3 rings (SSSR count). The molecule has 1 aromatic heterocycles. The highest BCUT2D eigenvalue weighted by atomic mass is 19.3. The van der Waals surface area contributed by atoms with E-state index in [-0.39, 0.29) is 29.1 Å². The maximum Gasteiger partial charge on any atom is 0.280 e. The highest BCUT2D eigenvalue weighted by Crippen LogP contribution is 2.48. The highest BCUT2D eigenvalue weighted by Gasteiger charge is 2.58. The van der Waals surface area contributed by atoms with Gasteiger partial charge in [0.15, 0.2) is 23.0 Å². The van der Waals surface area contributed by atoms with Crippen LogP contribution in [0.5, 0.6) is 0 Å². The van der Waals surface area contributed by atoms with E-state index in [1.165, 1.54) is 19.2 Å². The minimum atomic E-state index is -3.83. The topological polar surface area (TPSA) is 92.1 Å². The molecule has 31 heavy (non-hydrogen) atoms. The molecule has 0 aliphatic carbocycles. The lowest BCUT2D eigenvalue weighted by Gasteiger charge is -2.39. The molecule has 0 saturated heterocycles. The normalized spacial score (nSPS) is 20.1. The molecular formula is C21H17F5N4O. The molecule has 0 unspecified atom stereocenters. The number of rotatable bonds is 5. The molecule has 0 amide bonds. The third kappa shape index (κ3) is 3.87. The molecule has 2 aromatic rings. The van der Waals surface area contributed by atoms with E-state index in [0.29, 0.717) is 11.6 Å². The van der Waals surface area contributed by atoms with Crippen LogP contribution in [0, 0.1) is 29.9 Å². The Labute approximate surface area is 174 Å². The van der Waals surface area contributed by atoms with Crippen molar-refractivity contribution in [2.45, 2.75) is 37.6 Å². The van der Waals surface area contributed by atoms with Gasteiger partial charge in [0.05, 0.1) is 11.4 Å². The summed E-state index contributed by atoms with van der Waals surface area (Å²) in [7, 11) is 0. The summed E-state index contributed by atoms with van der Waals surface area (Å²) in [6.07, 6.45) is -0.544. The number of pyridine rings is 1. The minimum absolute atomic E-state index is 0.0178. The lowest BCUT2D eigenvalue weighted by Crippen LogP contribution is -2.51. The van der Waals surface area contributed by atoms with Crippen molar-refractivity contribution in [3.05, 3.63) is 64.0 Å². The molecule has 162 valence electrons. The number of carbonyl (C=O) groups is 1. The lowest BCUT2D eigenvalue weighted by atomic mass is 9.79. The van der Waals surface area contributed by atoms with Crippen molar-refractivity contribution >= 4 is 11.6 Å². The molecule has 2 N–H and O–H groups in total. The second-order valence-electron chi connectivity index (χ2n) is 7.34. The Morgan fingerprint density at radius 1 is 1.29 bits per heavy atom. The van der Waals surface area contributed by atoms with Gasteiger partial charge in [-0.3, -0.25) is 14.8 Å². The fourth-order valence-electron chi connectivity index (χ4n) is 3.58. The number of hydrogen-bond donors (Lipinski definition) is 1. The molecule has 5 nitrogen and oxygen atoms in total. The summed E-state index contributed by atoms with van der Waals surface area (Å²) in [5, 5.41) is 8.88.